The Hall–Kier alpha value is -0.820. The van der Waals surface area contributed by atoms with Gasteiger partial charge in [-0.15, -0.1) is 0 Å². The first kappa shape index (κ1) is 26.4. The summed E-state index contributed by atoms with van der Waals surface area (Å²) >= 11 is 0. The van der Waals surface area contributed by atoms with Gasteiger partial charge in [-0.05, 0) is 121 Å². The molecule has 2 saturated carbocycles. The summed E-state index contributed by atoms with van der Waals surface area (Å²) in [5, 5.41) is 11.3. The summed E-state index contributed by atoms with van der Waals surface area (Å²) in [5.41, 5.74) is 4.64. The van der Waals surface area contributed by atoms with E-state index in [0.29, 0.717) is 11.3 Å². The quantitative estimate of drug-likeness (QED) is 0.363. The van der Waals surface area contributed by atoms with Crippen LogP contribution in [-0.4, -0.2) is 10.7 Å². The van der Waals surface area contributed by atoms with Crippen molar-refractivity contribution in [3.63, 3.8) is 0 Å². The summed E-state index contributed by atoms with van der Waals surface area (Å²) in [7, 11) is 0. The van der Waals surface area contributed by atoms with Gasteiger partial charge < -0.3 is 5.11 Å². The van der Waals surface area contributed by atoms with E-state index in [9.17, 15) is 5.11 Å². The Morgan fingerprint density at radius 2 is 1.39 bits per heavy atom. The first-order valence-corrected chi connectivity index (χ1v) is 13.1. The van der Waals surface area contributed by atoms with Gasteiger partial charge >= 0.3 is 0 Å². The Morgan fingerprint density at radius 1 is 0.806 bits per heavy atom. The number of aliphatic hydroxyl groups is 1. The molecule has 178 valence electrons. The Morgan fingerprint density at radius 3 is 2.00 bits per heavy atom. The Kier molecular flexibility index (Phi) is 9.26. The lowest BCUT2D eigenvalue weighted by atomic mass is 9.45. The lowest BCUT2D eigenvalue weighted by Gasteiger charge is -2.61. The van der Waals surface area contributed by atoms with Crippen LogP contribution in [0.4, 0.5) is 0 Å². The minimum Gasteiger partial charge on any atom is -0.390 e. The van der Waals surface area contributed by atoms with Crippen molar-refractivity contribution in [3.8, 4) is 0 Å². The van der Waals surface area contributed by atoms with Crippen molar-refractivity contribution in [2.45, 2.75) is 132 Å². The van der Waals surface area contributed by atoms with E-state index in [2.05, 4.69) is 73.6 Å². The predicted octanol–water partition coefficient (Wildman–Crippen LogP) is 9.18. The highest BCUT2D eigenvalue weighted by atomic mass is 16.3. The number of fused-ring (bicyclic) bond motifs is 1. The van der Waals surface area contributed by atoms with Gasteiger partial charge in [0, 0.05) is 0 Å². The first-order chi connectivity index (χ1) is 14.4. The van der Waals surface area contributed by atoms with Gasteiger partial charge in [0.1, 0.15) is 0 Å². The maximum absolute atomic E-state index is 11.3. The largest absolute Gasteiger partial charge is 0.390 e. The second-order valence-electron chi connectivity index (χ2n) is 12.4. The highest BCUT2D eigenvalue weighted by Gasteiger charge is 2.57. The summed E-state index contributed by atoms with van der Waals surface area (Å²) in [6.45, 7) is 18.5. The van der Waals surface area contributed by atoms with Crippen LogP contribution < -0.4 is 0 Å². The molecule has 1 N–H and O–H groups in total. The third-order valence-electron chi connectivity index (χ3n) is 8.83. The van der Waals surface area contributed by atoms with Gasteiger partial charge in [0.25, 0.3) is 0 Å². The third-order valence-corrected chi connectivity index (χ3v) is 8.83. The summed E-state index contributed by atoms with van der Waals surface area (Å²) < 4.78 is 0. The van der Waals surface area contributed by atoms with Crippen LogP contribution in [0.2, 0.25) is 0 Å². The fourth-order valence-corrected chi connectivity index (χ4v) is 7.10. The molecule has 0 bridgehead atoms. The first-order valence-electron chi connectivity index (χ1n) is 13.1. The lowest BCUT2D eigenvalue weighted by molar-refractivity contribution is -0.168. The van der Waals surface area contributed by atoms with Crippen molar-refractivity contribution >= 4 is 0 Å². The van der Waals surface area contributed by atoms with Crippen molar-refractivity contribution in [2.75, 3.05) is 0 Å². The average Bonchev–Trinajstić information content (AvgIpc) is 2.62. The van der Waals surface area contributed by atoms with E-state index in [4.69, 9.17) is 0 Å². The van der Waals surface area contributed by atoms with Crippen LogP contribution in [0.15, 0.2) is 34.9 Å². The molecule has 1 heteroatoms. The van der Waals surface area contributed by atoms with Gasteiger partial charge in [0.2, 0.25) is 0 Å². The molecule has 1 nitrogen and oxygen atoms in total. The molecule has 0 aromatic carbocycles. The molecule has 0 heterocycles. The second-order valence-corrected chi connectivity index (χ2v) is 12.4. The van der Waals surface area contributed by atoms with Gasteiger partial charge in [-0.1, -0.05) is 62.1 Å². The van der Waals surface area contributed by atoms with Gasteiger partial charge in [-0.3, -0.25) is 0 Å². The molecule has 0 aliphatic heterocycles. The Labute approximate surface area is 194 Å². The molecule has 0 saturated heterocycles. The highest BCUT2D eigenvalue weighted by Crippen LogP contribution is 2.62. The molecule has 31 heavy (non-hydrogen) atoms. The molecule has 2 aliphatic carbocycles. The molecule has 0 aromatic heterocycles. The van der Waals surface area contributed by atoms with Crippen LogP contribution >= 0.6 is 0 Å². The Balaban J connectivity index is 1.91. The van der Waals surface area contributed by atoms with Crippen LogP contribution in [-0.2, 0) is 0 Å². The van der Waals surface area contributed by atoms with Crippen LogP contribution in [0.1, 0.15) is 126 Å². The lowest BCUT2D eigenvalue weighted by Crippen LogP contribution is -2.57. The number of hydrogen-bond donors (Lipinski definition) is 1. The second kappa shape index (κ2) is 10.9. The van der Waals surface area contributed by atoms with Crippen molar-refractivity contribution in [3.05, 3.63) is 34.9 Å². The molecule has 2 rings (SSSR count). The maximum atomic E-state index is 11.3. The van der Waals surface area contributed by atoms with Crippen molar-refractivity contribution in [1.82, 2.24) is 0 Å². The third kappa shape index (κ3) is 7.08. The van der Waals surface area contributed by atoms with E-state index in [0.717, 1.165) is 44.4 Å². The Bertz CT molecular complexity index is 671. The molecule has 4 atom stereocenters. The van der Waals surface area contributed by atoms with Gasteiger partial charge in [-0.25, -0.2) is 0 Å². The van der Waals surface area contributed by atoms with Crippen molar-refractivity contribution < 1.29 is 5.11 Å². The monoisotopic (exact) mass is 428 g/mol. The molecular formula is C30H52O. The zero-order chi connectivity index (χ0) is 23.3. The molecule has 2 aliphatic rings. The molecule has 0 aromatic rings. The summed E-state index contributed by atoms with van der Waals surface area (Å²) in [5.74, 6) is 1.17. The average molecular weight is 429 g/mol. The van der Waals surface area contributed by atoms with Gasteiger partial charge in [0.15, 0.2) is 0 Å². The van der Waals surface area contributed by atoms with Crippen LogP contribution in [0.5, 0.6) is 0 Å². The minimum absolute atomic E-state index is 0.288. The van der Waals surface area contributed by atoms with Gasteiger partial charge in [-0.2, -0.15) is 0 Å². The van der Waals surface area contributed by atoms with Crippen molar-refractivity contribution in [2.24, 2.45) is 22.7 Å². The summed E-state index contributed by atoms with van der Waals surface area (Å²) in [6.07, 6.45) is 20.3. The molecule has 2 fully saturated rings. The highest BCUT2D eigenvalue weighted by molar-refractivity contribution is 5.09. The number of hydrogen-bond acceptors (Lipinski definition) is 1. The smallest absolute Gasteiger partial charge is 0.0653 e. The SMILES string of the molecule is CC(C)=CCC/C(C)=C/CC/C(C)=C/CC[C@@H]1[C@@]2(C)CCCC(C)(C)C2CC[C@@]1(C)O. The fourth-order valence-electron chi connectivity index (χ4n) is 7.10. The number of rotatable bonds is 9. The van der Waals surface area contributed by atoms with E-state index >= 15 is 0 Å². The topological polar surface area (TPSA) is 20.2 Å². The van der Waals surface area contributed by atoms with E-state index < -0.39 is 5.60 Å². The van der Waals surface area contributed by atoms with E-state index in [1.54, 1.807) is 0 Å². The van der Waals surface area contributed by atoms with Crippen molar-refractivity contribution in [1.29, 1.82) is 0 Å². The molecule has 0 amide bonds. The molecule has 1 unspecified atom stereocenters. The molecule has 0 radical (unpaired) electrons. The fraction of sp³-hybridized carbons (Fsp3) is 0.800. The number of allylic oxidation sites excluding steroid dienone is 6. The predicted molar refractivity (Wildman–Crippen MR) is 137 cm³/mol. The maximum Gasteiger partial charge on any atom is 0.0653 e. The normalized spacial score (nSPS) is 33.7. The van der Waals surface area contributed by atoms with E-state index in [1.165, 1.54) is 48.8 Å². The minimum atomic E-state index is -0.508. The van der Waals surface area contributed by atoms with Crippen LogP contribution in [0, 0.1) is 22.7 Å². The standard InChI is InChI=1S/C30H52O/c1-23(2)13-9-14-24(3)15-10-16-25(4)17-11-18-27-29(7)21-12-20-28(5,6)26(29)19-22-30(27,8)31/h13,15,17,26-27,31H,9-12,14,16,18-22H2,1-8H3/b24-15+,25-17+/t26?,27-,29+,30-/m1/s1. The molecular weight excluding hydrogens is 376 g/mol. The molecule has 0 spiro atoms. The summed E-state index contributed by atoms with van der Waals surface area (Å²) in [6, 6.07) is 0. The zero-order valence-electron chi connectivity index (χ0n) is 22.1. The zero-order valence-corrected chi connectivity index (χ0v) is 22.1. The van der Waals surface area contributed by atoms with Gasteiger partial charge in [0.05, 0.1) is 5.60 Å². The van der Waals surface area contributed by atoms with E-state index in [1.807, 2.05) is 0 Å². The van der Waals surface area contributed by atoms with Crippen LogP contribution in [0.25, 0.3) is 0 Å². The van der Waals surface area contributed by atoms with E-state index in [-0.39, 0.29) is 5.41 Å². The van der Waals surface area contributed by atoms with Crippen LogP contribution in [0.3, 0.4) is 0 Å². The summed E-state index contributed by atoms with van der Waals surface area (Å²) in [4.78, 5) is 0.